The lowest BCUT2D eigenvalue weighted by molar-refractivity contribution is 0.289. The molecule has 2 aromatic carbocycles. The van der Waals surface area contributed by atoms with Crippen LogP contribution in [0.2, 0.25) is 0 Å². The van der Waals surface area contributed by atoms with Gasteiger partial charge in [-0.2, -0.15) is 0 Å². The van der Waals surface area contributed by atoms with Crippen LogP contribution < -0.4 is 9.47 Å². The lowest BCUT2D eigenvalue weighted by Crippen LogP contribution is -2.02. The second-order valence-corrected chi connectivity index (χ2v) is 7.33. The predicted octanol–water partition coefficient (Wildman–Crippen LogP) is 6.18. The van der Waals surface area contributed by atoms with E-state index >= 15 is 0 Å². The number of aromatic nitrogens is 1. The molecule has 28 heavy (non-hydrogen) atoms. The average Bonchev–Trinajstić information content (AvgIpc) is 2.77. The average molecular weight is 394 g/mol. The molecule has 0 aliphatic carbocycles. The Labute approximate surface area is 172 Å². The summed E-state index contributed by atoms with van der Waals surface area (Å²) >= 11 is 1.68. The molecule has 4 heteroatoms. The Balaban J connectivity index is 1.91. The van der Waals surface area contributed by atoms with E-state index in [9.17, 15) is 0 Å². The van der Waals surface area contributed by atoms with Crippen LogP contribution in [0.5, 0.6) is 11.5 Å². The molecule has 0 fully saturated rings. The van der Waals surface area contributed by atoms with Crippen molar-refractivity contribution < 1.29 is 9.47 Å². The van der Waals surface area contributed by atoms with E-state index in [1.807, 2.05) is 30.5 Å². The van der Waals surface area contributed by atoms with Gasteiger partial charge in [0.2, 0.25) is 0 Å². The lowest BCUT2D eigenvalue weighted by Gasteiger charge is -2.16. The summed E-state index contributed by atoms with van der Waals surface area (Å²) in [6, 6.07) is 16.6. The normalized spacial score (nSPS) is 10.7. The van der Waals surface area contributed by atoms with Crippen LogP contribution >= 0.6 is 11.8 Å². The molecular formula is C24H27NO2S. The first-order valence-corrected chi connectivity index (χ1v) is 10.8. The summed E-state index contributed by atoms with van der Waals surface area (Å²) in [6.45, 7) is 4.78. The van der Waals surface area contributed by atoms with Crippen LogP contribution in [0.3, 0.4) is 0 Å². The van der Waals surface area contributed by atoms with Gasteiger partial charge in [0.25, 0.3) is 0 Å². The third kappa shape index (κ3) is 4.33. The second kappa shape index (κ2) is 9.65. The first kappa shape index (κ1) is 20.3. The zero-order chi connectivity index (χ0) is 19.9. The van der Waals surface area contributed by atoms with Crippen molar-refractivity contribution >= 4 is 11.8 Å². The highest BCUT2D eigenvalue weighted by Crippen LogP contribution is 2.32. The van der Waals surface area contributed by atoms with Crippen LogP contribution in [0.1, 0.15) is 30.5 Å². The number of ether oxygens (including phenoxy) is 2. The van der Waals surface area contributed by atoms with Crippen molar-refractivity contribution in [1.29, 1.82) is 0 Å². The molecule has 0 radical (unpaired) electrons. The Hall–Kier alpha value is -2.46. The monoisotopic (exact) mass is 393 g/mol. The zero-order valence-corrected chi connectivity index (χ0v) is 17.8. The number of thioether (sulfide) groups is 1. The molecule has 3 rings (SSSR count). The van der Waals surface area contributed by atoms with E-state index in [0.717, 1.165) is 40.5 Å². The topological polar surface area (TPSA) is 31.4 Å². The van der Waals surface area contributed by atoms with Gasteiger partial charge in [0.05, 0.1) is 12.8 Å². The third-order valence-corrected chi connectivity index (χ3v) is 5.65. The smallest absolute Gasteiger partial charge is 0.133 e. The highest BCUT2D eigenvalue weighted by Gasteiger charge is 2.14. The summed E-state index contributed by atoms with van der Waals surface area (Å²) in [5.74, 6) is 1.69. The van der Waals surface area contributed by atoms with Gasteiger partial charge in [-0.25, -0.2) is 0 Å². The molecule has 0 unspecified atom stereocenters. The Kier molecular flexibility index (Phi) is 6.99. The van der Waals surface area contributed by atoms with Gasteiger partial charge >= 0.3 is 0 Å². The van der Waals surface area contributed by atoms with E-state index in [1.54, 1.807) is 18.9 Å². The highest BCUT2D eigenvalue weighted by atomic mass is 32.2. The Bertz CT molecular complexity index is 917. The van der Waals surface area contributed by atoms with Crippen molar-refractivity contribution in [3.8, 4) is 22.8 Å². The molecule has 146 valence electrons. The van der Waals surface area contributed by atoms with Crippen molar-refractivity contribution in [2.45, 2.75) is 38.2 Å². The van der Waals surface area contributed by atoms with Crippen LogP contribution in [0.15, 0.2) is 59.6 Å². The molecule has 1 aromatic heterocycles. The minimum atomic E-state index is 0.421. The van der Waals surface area contributed by atoms with Crippen molar-refractivity contribution in [3.05, 3.63) is 71.4 Å². The lowest BCUT2D eigenvalue weighted by atomic mass is 9.94. The molecule has 0 bridgehead atoms. The van der Waals surface area contributed by atoms with Crippen LogP contribution in [-0.4, -0.2) is 18.3 Å². The number of aryl methyl sites for hydroxylation is 2. The molecule has 0 amide bonds. The van der Waals surface area contributed by atoms with Crippen molar-refractivity contribution in [3.63, 3.8) is 0 Å². The fourth-order valence-electron chi connectivity index (χ4n) is 3.37. The predicted molar refractivity (Wildman–Crippen MR) is 118 cm³/mol. The number of hydrogen-bond acceptors (Lipinski definition) is 4. The van der Waals surface area contributed by atoms with Crippen molar-refractivity contribution in [2.75, 3.05) is 13.4 Å². The molecule has 0 N–H and O–H groups in total. The quantitative estimate of drug-likeness (QED) is 0.428. The molecule has 3 aromatic rings. The number of methoxy groups -OCH3 is 1. The van der Waals surface area contributed by atoms with Gasteiger partial charge in [-0.05, 0) is 42.4 Å². The number of pyridine rings is 1. The van der Waals surface area contributed by atoms with Gasteiger partial charge in [-0.1, -0.05) is 44.2 Å². The summed E-state index contributed by atoms with van der Waals surface area (Å²) in [6.07, 6.45) is 5.88. The van der Waals surface area contributed by atoms with Gasteiger partial charge in [0.1, 0.15) is 18.1 Å². The number of rotatable bonds is 8. The second-order valence-electron chi connectivity index (χ2n) is 6.48. The van der Waals surface area contributed by atoms with Gasteiger partial charge in [-0.15, -0.1) is 11.8 Å². The molecule has 3 nitrogen and oxygen atoms in total. The fourth-order valence-corrected chi connectivity index (χ4v) is 3.91. The number of para-hydroxylation sites is 1. The number of benzene rings is 2. The van der Waals surface area contributed by atoms with Gasteiger partial charge in [-0.3, -0.25) is 4.98 Å². The minimum Gasteiger partial charge on any atom is -0.496 e. The van der Waals surface area contributed by atoms with Gasteiger partial charge < -0.3 is 9.47 Å². The van der Waals surface area contributed by atoms with Crippen molar-refractivity contribution in [1.82, 2.24) is 4.98 Å². The van der Waals surface area contributed by atoms with Gasteiger partial charge in [0.15, 0.2) is 0 Å². The third-order valence-electron chi connectivity index (χ3n) is 4.87. The molecule has 0 aliphatic rings. The van der Waals surface area contributed by atoms with E-state index in [0.29, 0.717) is 6.61 Å². The Morgan fingerprint density at radius 3 is 2.25 bits per heavy atom. The van der Waals surface area contributed by atoms with Crippen LogP contribution in [-0.2, 0) is 19.4 Å². The Morgan fingerprint density at radius 1 is 0.893 bits per heavy atom. The summed E-state index contributed by atoms with van der Waals surface area (Å²) in [4.78, 5) is 5.89. The van der Waals surface area contributed by atoms with E-state index in [-0.39, 0.29) is 0 Å². The molecule has 0 aliphatic heterocycles. The first-order chi connectivity index (χ1) is 13.7. The van der Waals surface area contributed by atoms with Gasteiger partial charge in [0, 0.05) is 28.3 Å². The van der Waals surface area contributed by atoms with Crippen LogP contribution in [0.25, 0.3) is 11.3 Å². The minimum absolute atomic E-state index is 0.421. The summed E-state index contributed by atoms with van der Waals surface area (Å²) in [7, 11) is 1.70. The maximum Gasteiger partial charge on any atom is 0.133 e. The largest absolute Gasteiger partial charge is 0.496 e. The SMILES string of the molecule is CCc1cccc(CC)c1-c1cc(OC)c(COc2ccccc2SC)cn1. The van der Waals surface area contributed by atoms with Crippen molar-refractivity contribution in [2.24, 2.45) is 0 Å². The molecule has 0 atom stereocenters. The number of nitrogens with zero attached hydrogens (tertiary/aromatic N) is 1. The molecule has 0 saturated carbocycles. The zero-order valence-electron chi connectivity index (χ0n) is 17.0. The first-order valence-electron chi connectivity index (χ1n) is 9.61. The molecular weight excluding hydrogens is 366 g/mol. The molecule has 0 spiro atoms. The Morgan fingerprint density at radius 2 is 1.61 bits per heavy atom. The van der Waals surface area contributed by atoms with Crippen LogP contribution in [0.4, 0.5) is 0 Å². The molecule has 0 saturated heterocycles. The van der Waals surface area contributed by atoms with E-state index in [4.69, 9.17) is 14.5 Å². The van der Waals surface area contributed by atoms with E-state index in [1.165, 1.54) is 16.7 Å². The highest BCUT2D eigenvalue weighted by molar-refractivity contribution is 7.98. The van der Waals surface area contributed by atoms with Crippen LogP contribution in [0, 0.1) is 0 Å². The standard InChI is InChI=1S/C24H27NO2S/c1-5-17-10-9-11-18(6-2)24(17)20-14-22(26-3)19(15-25-20)16-27-21-12-7-8-13-23(21)28-4/h7-15H,5-6,16H2,1-4H3. The summed E-state index contributed by atoms with van der Waals surface area (Å²) < 4.78 is 11.7. The van der Waals surface area contributed by atoms with E-state index < -0.39 is 0 Å². The summed E-state index contributed by atoms with van der Waals surface area (Å²) in [5, 5.41) is 0. The maximum absolute atomic E-state index is 6.05. The summed E-state index contributed by atoms with van der Waals surface area (Å²) in [5.41, 5.74) is 5.75. The number of hydrogen-bond donors (Lipinski definition) is 0. The fraction of sp³-hybridized carbons (Fsp3) is 0.292. The van der Waals surface area contributed by atoms with E-state index in [2.05, 4.69) is 44.4 Å². The maximum atomic E-state index is 6.05. The molecule has 1 heterocycles.